The molecule has 0 aliphatic heterocycles. The molecule has 0 unspecified atom stereocenters. The quantitative estimate of drug-likeness (QED) is 0.560. The molecule has 0 saturated heterocycles. The molecule has 80 valence electrons. The van der Waals surface area contributed by atoms with Gasteiger partial charge in [-0.25, -0.2) is 9.79 Å². The van der Waals surface area contributed by atoms with Crippen LogP contribution >= 0.6 is 0 Å². The summed E-state index contributed by atoms with van der Waals surface area (Å²) in [6.45, 7) is 2.45. The van der Waals surface area contributed by atoms with E-state index in [2.05, 4.69) is 9.73 Å². The third-order valence-electron chi connectivity index (χ3n) is 1.68. The van der Waals surface area contributed by atoms with Crippen LogP contribution < -0.4 is 4.74 Å². The smallest absolute Gasteiger partial charge is 0.349 e. The van der Waals surface area contributed by atoms with E-state index in [4.69, 9.17) is 4.74 Å². The van der Waals surface area contributed by atoms with Crippen LogP contribution in [0.25, 0.3) is 0 Å². The molecule has 0 radical (unpaired) electrons. The molecule has 0 aliphatic carbocycles. The highest BCUT2D eigenvalue weighted by Gasteiger charge is 2.00. The van der Waals surface area contributed by atoms with Crippen molar-refractivity contribution in [1.82, 2.24) is 0 Å². The first-order valence-electron chi connectivity index (χ1n) is 4.61. The Morgan fingerprint density at radius 1 is 1.47 bits per heavy atom. The number of hydrogen-bond acceptors (Lipinski definition) is 4. The number of benzene rings is 1. The molecule has 0 N–H and O–H groups in total. The molecular weight excluding hydrogens is 194 g/mol. The van der Waals surface area contributed by atoms with Gasteiger partial charge in [0.05, 0.1) is 13.7 Å². The first kappa shape index (κ1) is 11.2. The van der Waals surface area contributed by atoms with Gasteiger partial charge >= 0.3 is 5.97 Å². The Kier molecular flexibility index (Phi) is 4.34. The predicted octanol–water partition coefficient (Wildman–Crippen LogP) is 1.96. The first-order chi connectivity index (χ1) is 7.27. The van der Waals surface area contributed by atoms with Crippen molar-refractivity contribution in [1.29, 1.82) is 0 Å². The molecule has 0 saturated carbocycles. The standard InChI is InChI=1S/C11H13NO3/c1-3-15-10-7-5-4-6-9(10)12-8-11(13)14-2/h4-8H,3H2,1-2H3. The van der Waals surface area contributed by atoms with Crippen LogP contribution in [-0.2, 0) is 9.53 Å². The molecule has 0 amide bonds. The van der Waals surface area contributed by atoms with Gasteiger partial charge in [0.1, 0.15) is 17.7 Å². The molecule has 1 aromatic rings. The molecule has 1 aromatic carbocycles. The maximum atomic E-state index is 10.8. The van der Waals surface area contributed by atoms with Crippen LogP contribution in [0.2, 0.25) is 0 Å². The minimum atomic E-state index is -0.485. The predicted molar refractivity (Wildman–Crippen MR) is 57.8 cm³/mol. The molecule has 4 heteroatoms. The van der Waals surface area contributed by atoms with Gasteiger partial charge in [-0.2, -0.15) is 0 Å². The van der Waals surface area contributed by atoms with Gasteiger partial charge in [0.25, 0.3) is 0 Å². The topological polar surface area (TPSA) is 47.9 Å². The lowest BCUT2D eigenvalue weighted by Gasteiger charge is -2.04. The summed E-state index contributed by atoms with van der Waals surface area (Å²) in [5.41, 5.74) is 0.616. The van der Waals surface area contributed by atoms with Crippen molar-refractivity contribution in [3.05, 3.63) is 24.3 Å². The van der Waals surface area contributed by atoms with Crippen LogP contribution in [-0.4, -0.2) is 25.9 Å². The summed E-state index contributed by atoms with van der Waals surface area (Å²) in [5, 5.41) is 0. The number of hydrogen-bond donors (Lipinski definition) is 0. The second-order valence-corrected chi connectivity index (χ2v) is 2.68. The third kappa shape index (κ3) is 3.42. The summed E-state index contributed by atoms with van der Waals surface area (Å²) >= 11 is 0. The highest BCUT2D eigenvalue weighted by Crippen LogP contribution is 2.26. The minimum Gasteiger partial charge on any atom is -0.492 e. The fraction of sp³-hybridized carbons (Fsp3) is 0.273. The molecule has 0 heterocycles. The lowest BCUT2D eigenvalue weighted by Crippen LogP contribution is -2.00. The van der Waals surface area contributed by atoms with Gasteiger partial charge in [-0.3, -0.25) is 0 Å². The Hall–Kier alpha value is -1.84. The van der Waals surface area contributed by atoms with E-state index >= 15 is 0 Å². The Balaban J connectivity index is 2.83. The van der Waals surface area contributed by atoms with E-state index in [-0.39, 0.29) is 0 Å². The van der Waals surface area contributed by atoms with Gasteiger partial charge in [0.2, 0.25) is 0 Å². The number of para-hydroxylation sites is 2. The van der Waals surface area contributed by atoms with E-state index < -0.39 is 5.97 Å². The van der Waals surface area contributed by atoms with Crippen LogP contribution in [0.5, 0.6) is 5.75 Å². The average molecular weight is 207 g/mol. The molecule has 0 fully saturated rings. The molecule has 0 bridgehead atoms. The maximum Gasteiger partial charge on any atom is 0.349 e. The maximum absolute atomic E-state index is 10.8. The number of rotatable bonds is 4. The van der Waals surface area contributed by atoms with Crippen molar-refractivity contribution in [2.45, 2.75) is 6.92 Å². The monoisotopic (exact) mass is 207 g/mol. The van der Waals surface area contributed by atoms with Crippen LogP contribution in [0.3, 0.4) is 0 Å². The summed E-state index contributed by atoms with van der Waals surface area (Å²) < 4.78 is 9.78. The number of methoxy groups -OCH3 is 1. The fourth-order valence-electron chi connectivity index (χ4n) is 1.02. The number of ether oxygens (including phenoxy) is 2. The summed E-state index contributed by atoms with van der Waals surface area (Å²) in [5.74, 6) is 0.168. The Bertz CT molecular complexity index is 361. The lowest BCUT2D eigenvalue weighted by atomic mass is 10.3. The SMILES string of the molecule is CCOc1ccccc1N=CC(=O)OC. The molecule has 1 rings (SSSR count). The van der Waals surface area contributed by atoms with Gasteiger partial charge < -0.3 is 9.47 Å². The van der Waals surface area contributed by atoms with Gasteiger partial charge in [-0.1, -0.05) is 12.1 Å². The molecule has 0 spiro atoms. The zero-order valence-electron chi connectivity index (χ0n) is 8.77. The van der Waals surface area contributed by atoms with Crippen LogP contribution in [0.15, 0.2) is 29.3 Å². The number of esters is 1. The normalized spacial score (nSPS) is 10.3. The zero-order valence-corrected chi connectivity index (χ0v) is 8.77. The van der Waals surface area contributed by atoms with E-state index in [1.54, 1.807) is 12.1 Å². The van der Waals surface area contributed by atoms with E-state index in [9.17, 15) is 4.79 Å². The molecule has 0 aromatic heterocycles. The van der Waals surface area contributed by atoms with Crippen molar-refractivity contribution in [2.75, 3.05) is 13.7 Å². The Labute approximate surface area is 88.5 Å². The third-order valence-corrected chi connectivity index (χ3v) is 1.68. The van der Waals surface area contributed by atoms with Crippen molar-refractivity contribution in [2.24, 2.45) is 4.99 Å². The number of nitrogens with zero attached hydrogens (tertiary/aromatic N) is 1. The van der Waals surface area contributed by atoms with E-state index in [0.29, 0.717) is 18.0 Å². The fourth-order valence-corrected chi connectivity index (χ4v) is 1.02. The zero-order chi connectivity index (χ0) is 11.1. The highest BCUT2D eigenvalue weighted by atomic mass is 16.5. The Morgan fingerprint density at radius 2 is 2.20 bits per heavy atom. The molecule has 4 nitrogen and oxygen atoms in total. The average Bonchev–Trinajstić information content (AvgIpc) is 2.28. The second kappa shape index (κ2) is 5.80. The van der Waals surface area contributed by atoms with Gasteiger partial charge in [-0.05, 0) is 19.1 Å². The summed E-state index contributed by atoms with van der Waals surface area (Å²) in [7, 11) is 1.31. The summed E-state index contributed by atoms with van der Waals surface area (Å²) in [6.07, 6.45) is 1.12. The van der Waals surface area contributed by atoms with Crippen molar-refractivity contribution in [3.63, 3.8) is 0 Å². The Morgan fingerprint density at radius 3 is 2.87 bits per heavy atom. The summed E-state index contributed by atoms with van der Waals surface area (Å²) in [4.78, 5) is 14.8. The minimum absolute atomic E-state index is 0.485. The lowest BCUT2D eigenvalue weighted by molar-refractivity contribution is -0.132. The number of carbonyl (C=O) groups excluding carboxylic acids is 1. The van der Waals surface area contributed by atoms with Gasteiger partial charge in [-0.15, -0.1) is 0 Å². The van der Waals surface area contributed by atoms with Crippen LogP contribution in [0.4, 0.5) is 5.69 Å². The molecular formula is C11H13NO3. The molecule has 15 heavy (non-hydrogen) atoms. The number of carbonyl (C=O) groups is 1. The van der Waals surface area contributed by atoms with Gasteiger partial charge in [0.15, 0.2) is 0 Å². The largest absolute Gasteiger partial charge is 0.492 e. The van der Waals surface area contributed by atoms with Crippen LogP contribution in [0.1, 0.15) is 6.92 Å². The van der Waals surface area contributed by atoms with E-state index in [1.807, 2.05) is 19.1 Å². The van der Waals surface area contributed by atoms with E-state index in [0.717, 1.165) is 6.21 Å². The molecule has 0 atom stereocenters. The molecule has 0 aliphatic rings. The van der Waals surface area contributed by atoms with E-state index in [1.165, 1.54) is 7.11 Å². The van der Waals surface area contributed by atoms with Crippen molar-refractivity contribution >= 4 is 17.9 Å². The first-order valence-corrected chi connectivity index (χ1v) is 4.61. The summed E-state index contributed by atoms with van der Waals surface area (Å²) in [6, 6.07) is 7.24. The van der Waals surface area contributed by atoms with Gasteiger partial charge in [0, 0.05) is 0 Å². The van der Waals surface area contributed by atoms with Crippen molar-refractivity contribution in [3.8, 4) is 5.75 Å². The number of aliphatic imine (C=N–C) groups is 1. The second-order valence-electron chi connectivity index (χ2n) is 2.68. The highest BCUT2D eigenvalue weighted by molar-refractivity contribution is 6.23. The van der Waals surface area contributed by atoms with Crippen LogP contribution in [0, 0.1) is 0 Å². The van der Waals surface area contributed by atoms with Crippen molar-refractivity contribution < 1.29 is 14.3 Å².